The number of halogens is 1. The molecule has 0 aromatic heterocycles. The summed E-state index contributed by atoms with van der Waals surface area (Å²) < 4.78 is 28.2. The molecular formula is C28H33BrN4O8. The summed E-state index contributed by atoms with van der Waals surface area (Å²) in [5, 5.41) is 9.33. The maximum atomic E-state index is 12.6. The van der Waals surface area contributed by atoms with E-state index < -0.39 is 23.9 Å². The highest BCUT2D eigenvalue weighted by molar-refractivity contribution is 9.10. The number of ether oxygens (including phenoxy) is 5. The lowest BCUT2D eigenvalue weighted by Crippen LogP contribution is -2.45. The van der Waals surface area contributed by atoms with Crippen LogP contribution >= 0.6 is 15.9 Å². The first-order valence-corrected chi connectivity index (χ1v) is 13.7. The highest BCUT2D eigenvalue weighted by Crippen LogP contribution is 2.35. The van der Waals surface area contributed by atoms with Crippen molar-refractivity contribution >= 4 is 40.1 Å². The molecule has 0 aliphatic carbocycles. The highest BCUT2D eigenvalue weighted by Gasteiger charge is 2.32. The van der Waals surface area contributed by atoms with Gasteiger partial charge < -0.3 is 34.3 Å². The van der Waals surface area contributed by atoms with Crippen LogP contribution in [0.3, 0.4) is 0 Å². The maximum absolute atomic E-state index is 12.6. The van der Waals surface area contributed by atoms with Crippen LogP contribution in [0.4, 0.5) is 4.79 Å². The largest absolute Gasteiger partial charge is 0.493 e. The van der Waals surface area contributed by atoms with Crippen molar-refractivity contribution in [3.63, 3.8) is 0 Å². The third-order valence-corrected chi connectivity index (χ3v) is 6.39. The van der Waals surface area contributed by atoms with Crippen LogP contribution < -0.4 is 35.0 Å². The lowest BCUT2D eigenvalue weighted by atomic mass is 9.95. The van der Waals surface area contributed by atoms with Crippen molar-refractivity contribution < 1.29 is 38.1 Å². The lowest BCUT2D eigenvalue weighted by molar-refractivity contribution is -0.139. The van der Waals surface area contributed by atoms with Crippen molar-refractivity contribution in [2.45, 2.75) is 33.7 Å². The minimum absolute atomic E-state index is 0.185. The summed E-state index contributed by atoms with van der Waals surface area (Å²) in [4.78, 5) is 37.1. The second-order valence-corrected chi connectivity index (χ2v) is 9.32. The molecule has 2 aromatic rings. The molecule has 3 N–H and O–H groups in total. The second-order valence-electron chi connectivity index (χ2n) is 8.47. The normalized spacial score (nSPS) is 14.7. The van der Waals surface area contributed by atoms with E-state index >= 15 is 0 Å². The third-order valence-electron chi connectivity index (χ3n) is 5.70. The van der Waals surface area contributed by atoms with Gasteiger partial charge in [0.25, 0.3) is 5.91 Å². The topological polar surface area (TPSA) is 146 Å². The summed E-state index contributed by atoms with van der Waals surface area (Å²) in [6.07, 6.45) is 1.47. The quantitative estimate of drug-likeness (QED) is 0.171. The van der Waals surface area contributed by atoms with E-state index in [9.17, 15) is 14.4 Å². The molecular weight excluding hydrogens is 600 g/mol. The van der Waals surface area contributed by atoms with Crippen LogP contribution in [-0.2, 0) is 14.3 Å². The van der Waals surface area contributed by atoms with Crippen LogP contribution in [-0.4, -0.2) is 57.7 Å². The van der Waals surface area contributed by atoms with Gasteiger partial charge in [0.2, 0.25) is 0 Å². The van der Waals surface area contributed by atoms with Crippen LogP contribution in [0.5, 0.6) is 23.0 Å². The molecule has 1 heterocycles. The van der Waals surface area contributed by atoms with E-state index in [2.05, 4.69) is 37.1 Å². The molecule has 1 atom stereocenters. The van der Waals surface area contributed by atoms with E-state index in [1.165, 1.54) is 13.3 Å². The lowest BCUT2D eigenvalue weighted by Gasteiger charge is -2.28. The van der Waals surface area contributed by atoms with Crippen LogP contribution in [0, 0.1) is 0 Å². The van der Waals surface area contributed by atoms with Gasteiger partial charge in [-0.15, -0.1) is 0 Å². The molecule has 1 aliphatic heterocycles. The zero-order chi connectivity index (χ0) is 29.9. The Bertz CT molecular complexity index is 1340. The van der Waals surface area contributed by atoms with Crippen molar-refractivity contribution in [3.8, 4) is 23.0 Å². The SMILES string of the molecule is CCOC(=O)C1=C(C)NC(=O)N[C@H]1c1ccc(OCC(=O)N/N=C\c2cc(OCC)c(OCC)cc2Br)c(OC)c1. The summed E-state index contributed by atoms with van der Waals surface area (Å²) in [6.45, 7) is 7.87. The van der Waals surface area contributed by atoms with Crippen LogP contribution in [0.25, 0.3) is 0 Å². The number of urea groups is 1. The highest BCUT2D eigenvalue weighted by atomic mass is 79.9. The van der Waals surface area contributed by atoms with Crippen LogP contribution in [0.2, 0.25) is 0 Å². The van der Waals surface area contributed by atoms with Gasteiger partial charge in [0.15, 0.2) is 29.6 Å². The van der Waals surface area contributed by atoms with Crippen molar-refractivity contribution in [2.75, 3.05) is 33.5 Å². The number of hydrazone groups is 1. The second kappa shape index (κ2) is 14.9. The Hall–Kier alpha value is -4.26. The zero-order valence-corrected chi connectivity index (χ0v) is 25.0. The number of allylic oxidation sites excluding steroid dienone is 1. The van der Waals surface area contributed by atoms with Crippen molar-refractivity contribution in [2.24, 2.45) is 5.10 Å². The standard InChI is InChI=1S/C28H33BrN4O8/c1-6-38-22-12-18(19(29)13-23(22)39-7-2)14-30-33-24(34)15-41-20-10-9-17(11-21(20)37-5)26-25(27(35)40-8-3)16(4)31-28(36)32-26/h9-14,26H,6-8,15H2,1-5H3,(H,33,34)(H2,31,32,36)/b30-14-/t26-/m0/s1. The van der Waals surface area contributed by atoms with E-state index in [0.717, 1.165) is 0 Å². The molecule has 0 spiro atoms. The van der Waals surface area contributed by atoms with Gasteiger partial charge in [0, 0.05) is 15.7 Å². The fourth-order valence-electron chi connectivity index (χ4n) is 3.94. The first kappa shape index (κ1) is 31.3. The molecule has 3 rings (SSSR count). The van der Waals surface area contributed by atoms with E-state index in [1.807, 2.05) is 13.8 Å². The average Bonchev–Trinajstić information content (AvgIpc) is 2.93. The molecule has 0 fully saturated rings. The molecule has 3 amide bonds. The van der Waals surface area contributed by atoms with Gasteiger partial charge in [-0.3, -0.25) is 4.79 Å². The van der Waals surface area contributed by atoms with E-state index in [-0.39, 0.29) is 24.5 Å². The number of nitrogens with zero attached hydrogens (tertiary/aromatic N) is 1. The summed E-state index contributed by atoms with van der Waals surface area (Å²) in [6, 6.07) is 7.18. The van der Waals surface area contributed by atoms with Gasteiger partial charge in [-0.1, -0.05) is 6.07 Å². The Kier molecular flexibility index (Phi) is 11.4. The Morgan fingerprint density at radius 1 is 1.00 bits per heavy atom. The Morgan fingerprint density at radius 2 is 1.71 bits per heavy atom. The molecule has 1 aliphatic rings. The molecule has 2 aromatic carbocycles. The fourth-order valence-corrected chi connectivity index (χ4v) is 4.37. The molecule has 220 valence electrons. The molecule has 41 heavy (non-hydrogen) atoms. The number of rotatable bonds is 13. The van der Waals surface area contributed by atoms with Gasteiger partial charge in [-0.2, -0.15) is 5.10 Å². The van der Waals surface area contributed by atoms with E-state index in [1.54, 1.807) is 44.2 Å². The minimum atomic E-state index is -0.770. The first-order valence-electron chi connectivity index (χ1n) is 12.9. The third kappa shape index (κ3) is 8.13. The summed E-state index contributed by atoms with van der Waals surface area (Å²) in [7, 11) is 1.44. The number of carbonyl (C=O) groups is 3. The maximum Gasteiger partial charge on any atom is 0.338 e. The molecule has 0 saturated heterocycles. The van der Waals surface area contributed by atoms with Crippen LogP contribution in [0.15, 0.2) is 51.2 Å². The number of esters is 1. The summed E-state index contributed by atoms with van der Waals surface area (Å²) in [5.41, 5.74) is 4.32. The zero-order valence-electron chi connectivity index (χ0n) is 23.5. The molecule has 0 saturated carbocycles. The van der Waals surface area contributed by atoms with Crippen LogP contribution in [0.1, 0.15) is 44.9 Å². The molecule has 0 radical (unpaired) electrons. The summed E-state index contributed by atoms with van der Waals surface area (Å²) in [5.74, 6) is 0.687. The predicted octanol–water partition coefficient (Wildman–Crippen LogP) is 3.98. The number of hydrogen-bond acceptors (Lipinski definition) is 9. The first-order chi connectivity index (χ1) is 19.7. The van der Waals surface area contributed by atoms with Gasteiger partial charge in [-0.25, -0.2) is 15.0 Å². The smallest absolute Gasteiger partial charge is 0.338 e. The van der Waals surface area contributed by atoms with E-state index in [4.69, 9.17) is 23.7 Å². The monoisotopic (exact) mass is 632 g/mol. The number of nitrogens with one attached hydrogen (secondary N) is 3. The van der Waals surface area contributed by atoms with Gasteiger partial charge >= 0.3 is 12.0 Å². The van der Waals surface area contributed by atoms with Crippen molar-refractivity contribution in [3.05, 3.63) is 57.2 Å². The van der Waals surface area contributed by atoms with Gasteiger partial charge in [0.05, 0.1) is 44.8 Å². The molecule has 0 unspecified atom stereocenters. The van der Waals surface area contributed by atoms with Gasteiger partial charge in [0.1, 0.15) is 0 Å². The minimum Gasteiger partial charge on any atom is -0.493 e. The Morgan fingerprint density at radius 3 is 2.37 bits per heavy atom. The number of carbonyl (C=O) groups excluding carboxylic acids is 3. The number of methoxy groups -OCH3 is 1. The number of amides is 3. The Balaban J connectivity index is 1.68. The summed E-state index contributed by atoms with van der Waals surface area (Å²) >= 11 is 3.47. The van der Waals surface area contributed by atoms with Crippen molar-refractivity contribution in [1.29, 1.82) is 0 Å². The predicted molar refractivity (Wildman–Crippen MR) is 154 cm³/mol. The average molecular weight is 633 g/mol. The molecule has 13 heteroatoms. The molecule has 0 bridgehead atoms. The van der Waals surface area contributed by atoms with Crippen molar-refractivity contribution in [1.82, 2.24) is 16.1 Å². The molecule has 12 nitrogen and oxygen atoms in total. The number of benzene rings is 2. The fraction of sp³-hybridized carbons (Fsp3) is 0.357. The Labute approximate surface area is 246 Å². The van der Waals surface area contributed by atoms with Gasteiger partial charge in [-0.05, 0) is 73.5 Å². The number of hydrogen-bond donors (Lipinski definition) is 3. The van der Waals surface area contributed by atoms with E-state index in [0.29, 0.717) is 51.8 Å².